The molecule has 0 radical (unpaired) electrons. The molecule has 1 aromatic rings. The number of fused-ring (bicyclic) bond motifs is 1. The molecular formula is C16H20BrFNO6P. The highest BCUT2D eigenvalue weighted by molar-refractivity contribution is 9.10. The van der Waals surface area contributed by atoms with E-state index in [9.17, 15) is 18.5 Å². The fraction of sp³-hybridized carbons (Fsp3) is 0.500. The van der Waals surface area contributed by atoms with Gasteiger partial charge in [0, 0.05) is 12.0 Å². The highest BCUT2D eigenvalue weighted by atomic mass is 79.9. The molecule has 0 saturated heterocycles. The van der Waals surface area contributed by atoms with Crippen molar-refractivity contribution >= 4 is 41.1 Å². The van der Waals surface area contributed by atoms with Gasteiger partial charge in [-0.3, -0.25) is 23.2 Å². The lowest BCUT2D eigenvalue weighted by Gasteiger charge is -2.21. The summed E-state index contributed by atoms with van der Waals surface area (Å²) in [5.41, 5.74) is 0.602. The Morgan fingerprint density at radius 3 is 2.54 bits per heavy atom. The van der Waals surface area contributed by atoms with Gasteiger partial charge in [-0.1, -0.05) is 0 Å². The van der Waals surface area contributed by atoms with Gasteiger partial charge in [-0.15, -0.1) is 0 Å². The van der Waals surface area contributed by atoms with Crippen molar-refractivity contribution in [2.24, 2.45) is 0 Å². The number of ketones is 1. The SMILES string of the molecule is CCOP(=O)(OCC)OC(C)C(=O)Nc1c(F)c(Br)cc2c1C(=O)CC2. The van der Waals surface area contributed by atoms with Crippen LogP contribution < -0.4 is 5.32 Å². The summed E-state index contributed by atoms with van der Waals surface area (Å²) in [5, 5.41) is 2.37. The van der Waals surface area contributed by atoms with Crippen LogP contribution in [0.3, 0.4) is 0 Å². The third-order valence-electron chi connectivity index (χ3n) is 3.68. The van der Waals surface area contributed by atoms with Gasteiger partial charge in [-0.25, -0.2) is 8.96 Å². The fourth-order valence-corrected chi connectivity index (χ4v) is 4.35. The lowest BCUT2D eigenvalue weighted by molar-refractivity contribution is -0.123. The highest BCUT2D eigenvalue weighted by Crippen LogP contribution is 2.50. The fourth-order valence-electron chi connectivity index (χ4n) is 2.57. The first-order chi connectivity index (χ1) is 12.2. The largest absolute Gasteiger partial charge is 0.475 e. The molecule has 0 aromatic heterocycles. The molecule has 1 unspecified atom stereocenters. The van der Waals surface area contributed by atoms with E-state index in [4.69, 9.17) is 13.6 Å². The van der Waals surface area contributed by atoms with Crippen LogP contribution in [-0.4, -0.2) is 31.0 Å². The molecule has 1 N–H and O–H groups in total. The van der Waals surface area contributed by atoms with E-state index in [1.807, 2.05) is 0 Å². The number of Topliss-reactive ketones (excluding diaryl/α,β-unsaturated/α-hetero) is 1. The molecule has 0 heterocycles. The average molecular weight is 452 g/mol. The summed E-state index contributed by atoms with van der Waals surface area (Å²) in [5.74, 6) is -1.77. The third-order valence-corrected chi connectivity index (χ3v) is 5.98. The molecule has 1 aromatic carbocycles. The van der Waals surface area contributed by atoms with E-state index < -0.39 is 25.7 Å². The Hall–Kier alpha value is -1.12. The summed E-state index contributed by atoms with van der Waals surface area (Å²) in [4.78, 5) is 24.5. The topological polar surface area (TPSA) is 90.9 Å². The number of rotatable bonds is 8. The number of aryl methyl sites for hydroxylation is 1. The Balaban J connectivity index is 2.22. The molecule has 0 aliphatic heterocycles. The van der Waals surface area contributed by atoms with Crippen LogP contribution in [0.25, 0.3) is 0 Å². The number of amides is 1. The summed E-state index contributed by atoms with van der Waals surface area (Å²) < 4.78 is 42.1. The number of anilines is 1. The smallest absolute Gasteiger partial charge is 0.321 e. The zero-order valence-corrected chi connectivity index (χ0v) is 17.1. The minimum absolute atomic E-state index is 0.0634. The first-order valence-electron chi connectivity index (χ1n) is 8.14. The highest BCUT2D eigenvalue weighted by Gasteiger charge is 2.33. The van der Waals surface area contributed by atoms with Crippen LogP contribution in [0.2, 0.25) is 0 Å². The second-order valence-corrected chi connectivity index (χ2v) is 8.00. The number of hydrogen-bond acceptors (Lipinski definition) is 6. The predicted molar refractivity (Wildman–Crippen MR) is 96.8 cm³/mol. The van der Waals surface area contributed by atoms with Gasteiger partial charge in [0.1, 0.15) is 6.10 Å². The van der Waals surface area contributed by atoms with Crippen molar-refractivity contribution in [3.8, 4) is 0 Å². The van der Waals surface area contributed by atoms with Crippen LogP contribution in [-0.2, 0) is 29.4 Å². The second-order valence-electron chi connectivity index (χ2n) is 5.52. The maximum Gasteiger partial charge on any atom is 0.475 e. The summed E-state index contributed by atoms with van der Waals surface area (Å²) in [7, 11) is -3.91. The minimum Gasteiger partial charge on any atom is -0.321 e. The number of phosphoric ester groups is 1. The number of carbonyl (C=O) groups excluding carboxylic acids is 2. The van der Waals surface area contributed by atoms with Crippen LogP contribution >= 0.6 is 23.8 Å². The van der Waals surface area contributed by atoms with Crippen molar-refractivity contribution in [2.45, 2.75) is 39.7 Å². The van der Waals surface area contributed by atoms with Gasteiger partial charge in [-0.05, 0) is 54.8 Å². The summed E-state index contributed by atoms with van der Waals surface area (Å²) >= 11 is 3.08. The van der Waals surface area contributed by atoms with Crippen molar-refractivity contribution < 1.29 is 32.1 Å². The van der Waals surface area contributed by atoms with Gasteiger partial charge in [0.15, 0.2) is 11.6 Å². The van der Waals surface area contributed by atoms with E-state index in [0.717, 1.165) is 0 Å². The second kappa shape index (κ2) is 8.71. The number of carbonyl (C=O) groups is 2. The van der Waals surface area contributed by atoms with E-state index >= 15 is 0 Å². The standard InChI is InChI=1S/C16H20BrFNO6P/c1-4-23-26(22,24-5-2)25-9(3)16(21)19-15-13-10(6-7-12(13)20)8-11(17)14(15)18/h8-9H,4-7H2,1-3H3,(H,19,21). The van der Waals surface area contributed by atoms with Gasteiger partial charge in [0.25, 0.3) is 5.91 Å². The number of halogens is 2. The zero-order valence-electron chi connectivity index (χ0n) is 14.6. The van der Waals surface area contributed by atoms with Crippen LogP contribution in [0.15, 0.2) is 10.5 Å². The molecule has 26 heavy (non-hydrogen) atoms. The van der Waals surface area contributed by atoms with Crippen LogP contribution in [0.4, 0.5) is 10.1 Å². The lowest BCUT2D eigenvalue weighted by atomic mass is 10.1. The molecule has 1 aliphatic carbocycles. The minimum atomic E-state index is -3.91. The first-order valence-corrected chi connectivity index (χ1v) is 10.4. The molecule has 0 fully saturated rings. The number of phosphoric acid groups is 1. The van der Waals surface area contributed by atoms with E-state index in [-0.39, 0.29) is 41.1 Å². The van der Waals surface area contributed by atoms with Crippen LogP contribution in [0.5, 0.6) is 0 Å². The van der Waals surface area contributed by atoms with Gasteiger partial charge < -0.3 is 5.32 Å². The van der Waals surface area contributed by atoms with Gasteiger partial charge in [-0.2, -0.15) is 0 Å². The maximum absolute atomic E-state index is 14.5. The van der Waals surface area contributed by atoms with Crippen molar-refractivity contribution in [3.05, 3.63) is 27.5 Å². The van der Waals surface area contributed by atoms with Gasteiger partial charge in [0.2, 0.25) is 0 Å². The van der Waals surface area contributed by atoms with Crippen molar-refractivity contribution in [1.82, 2.24) is 0 Å². The molecule has 2 rings (SSSR count). The normalized spacial score (nSPS) is 15.0. The van der Waals surface area contributed by atoms with Gasteiger partial charge in [0.05, 0.1) is 23.4 Å². The van der Waals surface area contributed by atoms with Crippen LogP contribution in [0.1, 0.15) is 43.1 Å². The summed E-state index contributed by atoms with van der Waals surface area (Å²) in [6.07, 6.45) is -0.528. The molecule has 0 spiro atoms. The quantitative estimate of drug-likeness (QED) is 0.594. The molecule has 10 heteroatoms. The van der Waals surface area contributed by atoms with E-state index in [2.05, 4.69) is 21.2 Å². The Morgan fingerprint density at radius 1 is 1.35 bits per heavy atom. The monoisotopic (exact) mass is 451 g/mol. The number of nitrogens with one attached hydrogen (secondary N) is 1. The Labute approximate surface area is 159 Å². The molecular weight excluding hydrogens is 432 g/mol. The van der Waals surface area contributed by atoms with E-state index in [0.29, 0.717) is 12.0 Å². The lowest BCUT2D eigenvalue weighted by Crippen LogP contribution is -2.28. The zero-order chi connectivity index (χ0) is 19.5. The van der Waals surface area contributed by atoms with E-state index in [1.165, 1.54) is 13.0 Å². The number of hydrogen-bond donors (Lipinski definition) is 1. The van der Waals surface area contributed by atoms with E-state index in [1.54, 1.807) is 13.8 Å². The summed E-state index contributed by atoms with van der Waals surface area (Å²) in [6, 6.07) is 1.53. The van der Waals surface area contributed by atoms with Crippen molar-refractivity contribution in [3.63, 3.8) is 0 Å². The molecule has 0 bridgehead atoms. The maximum atomic E-state index is 14.5. The average Bonchev–Trinajstić information content (AvgIpc) is 2.92. The van der Waals surface area contributed by atoms with Crippen LogP contribution in [0, 0.1) is 5.82 Å². The van der Waals surface area contributed by atoms with Gasteiger partial charge >= 0.3 is 7.82 Å². The summed E-state index contributed by atoms with van der Waals surface area (Å²) in [6.45, 7) is 4.66. The molecule has 7 nitrogen and oxygen atoms in total. The molecule has 0 saturated carbocycles. The molecule has 1 aliphatic rings. The Bertz CT molecular complexity index is 762. The van der Waals surface area contributed by atoms with Crippen molar-refractivity contribution in [1.29, 1.82) is 0 Å². The molecule has 144 valence electrons. The number of benzene rings is 1. The molecule has 1 amide bonds. The Kier molecular flexibility index (Phi) is 7.10. The predicted octanol–water partition coefficient (Wildman–Crippen LogP) is 4.24. The molecule has 1 atom stereocenters. The first kappa shape index (κ1) is 21.2. The Morgan fingerprint density at radius 2 is 1.96 bits per heavy atom. The third kappa shape index (κ3) is 4.58. The van der Waals surface area contributed by atoms with Crippen molar-refractivity contribution in [2.75, 3.05) is 18.5 Å².